The first-order chi connectivity index (χ1) is 11.7. The van der Waals surface area contributed by atoms with Crippen molar-refractivity contribution in [3.63, 3.8) is 0 Å². The highest BCUT2D eigenvalue weighted by molar-refractivity contribution is 6.00. The number of benzene rings is 2. The molecule has 0 aliphatic heterocycles. The number of nitrogens with one attached hydrogen (secondary N) is 1. The molecule has 1 heterocycles. The Hall–Kier alpha value is -3.22. The number of ether oxygens (including phenoxy) is 1. The van der Waals surface area contributed by atoms with Gasteiger partial charge in [-0.3, -0.25) is 4.79 Å². The molecule has 0 radical (unpaired) electrons. The lowest BCUT2D eigenvalue weighted by Crippen LogP contribution is -2.12. The van der Waals surface area contributed by atoms with Crippen molar-refractivity contribution in [1.29, 1.82) is 0 Å². The number of amides is 1. The molecule has 1 aromatic heterocycles. The number of rotatable bonds is 5. The maximum Gasteiger partial charge on any atom is 0.313 e. The van der Waals surface area contributed by atoms with Gasteiger partial charge in [0.15, 0.2) is 0 Å². The van der Waals surface area contributed by atoms with E-state index < -0.39 is 11.7 Å². The van der Waals surface area contributed by atoms with Gasteiger partial charge in [0, 0.05) is 5.69 Å². The van der Waals surface area contributed by atoms with Gasteiger partial charge in [0.25, 0.3) is 5.89 Å². The number of hydrogen-bond donors (Lipinski definition) is 1. The standard InChI is InChI=1S/C17H14FN3O3/c1-2-23-12-9-7-11(8-10-12)19-15(22)17-21-20-16(24-17)13-5-3-4-6-14(13)18/h3-10H,2H2,1H3,(H,19,22). The molecule has 0 spiro atoms. The fraction of sp³-hybridized carbons (Fsp3) is 0.118. The van der Waals surface area contributed by atoms with Gasteiger partial charge >= 0.3 is 11.8 Å². The lowest BCUT2D eigenvalue weighted by Gasteiger charge is -2.05. The molecule has 0 saturated carbocycles. The van der Waals surface area contributed by atoms with E-state index in [2.05, 4.69) is 15.5 Å². The summed E-state index contributed by atoms with van der Waals surface area (Å²) in [7, 11) is 0. The van der Waals surface area contributed by atoms with Crippen LogP contribution in [0.3, 0.4) is 0 Å². The quantitative estimate of drug-likeness (QED) is 0.776. The zero-order valence-corrected chi connectivity index (χ0v) is 12.8. The van der Waals surface area contributed by atoms with Gasteiger partial charge in [-0.15, -0.1) is 10.2 Å². The van der Waals surface area contributed by atoms with Crippen molar-refractivity contribution in [2.45, 2.75) is 6.92 Å². The first kappa shape index (κ1) is 15.7. The molecule has 122 valence electrons. The second-order valence-corrected chi connectivity index (χ2v) is 4.80. The normalized spacial score (nSPS) is 10.4. The molecule has 7 heteroatoms. The van der Waals surface area contributed by atoms with E-state index in [1.54, 1.807) is 36.4 Å². The predicted octanol–water partition coefficient (Wildman–Crippen LogP) is 3.53. The molecule has 2 aromatic carbocycles. The Morgan fingerprint density at radius 3 is 2.62 bits per heavy atom. The third-order valence-electron chi connectivity index (χ3n) is 3.15. The van der Waals surface area contributed by atoms with Crippen LogP contribution < -0.4 is 10.1 Å². The summed E-state index contributed by atoms with van der Waals surface area (Å²) in [4.78, 5) is 12.1. The molecule has 0 fully saturated rings. The summed E-state index contributed by atoms with van der Waals surface area (Å²) in [6.07, 6.45) is 0. The van der Waals surface area contributed by atoms with E-state index >= 15 is 0 Å². The topological polar surface area (TPSA) is 77.2 Å². The highest BCUT2D eigenvalue weighted by atomic mass is 19.1. The Morgan fingerprint density at radius 2 is 1.92 bits per heavy atom. The summed E-state index contributed by atoms with van der Waals surface area (Å²) in [5.41, 5.74) is 0.694. The van der Waals surface area contributed by atoms with Gasteiger partial charge in [-0.25, -0.2) is 4.39 Å². The number of halogens is 1. The smallest absolute Gasteiger partial charge is 0.313 e. The van der Waals surface area contributed by atoms with Gasteiger partial charge in [0.05, 0.1) is 12.2 Å². The average Bonchev–Trinajstić information content (AvgIpc) is 3.07. The molecule has 0 unspecified atom stereocenters. The van der Waals surface area contributed by atoms with Crippen LogP contribution >= 0.6 is 0 Å². The fourth-order valence-corrected chi connectivity index (χ4v) is 2.04. The van der Waals surface area contributed by atoms with E-state index in [4.69, 9.17) is 9.15 Å². The van der Waals surface area contributed by atoms with Gasteiger partial charge in [0.2, 0.25) is 0 Å². The van der Waals surface area contributed by atoms with Crippen LogP contribution in [0, 0.1) is 5.82 Å². The summed E-state index contributed by atoms with van der Waals surface area (Å²) >= 11 is 0. The highest BCUT2D eigenvalue weighted by Gasteiger charge is 2.17. The molecule has 24 heavy (non-hydrogen) atoms. The minimum Gasteiger partial charge on any atom is -0.494 e. The Labute approximate surface area is 137 Å². The molecular weight excluding hydrogens is 313 g/mol. The second-order valence-electron chi connectivity index (χ2n) is 4.80. The van der Waals surface area contributed by atoms with Crippen LogP contribution in [0.25, 0.3) is 11.5 Å². The summed E-state index contributed by atoms with van der Waals surface area (Å²) in [5.74, 6) is -0.670. The van der Waals surface area contributed by atoms with Crippen molar-refractivity contribution in [3.05, 3.63) is 60.2 Å². The van der Waals surface area contributed by atoms with Crippen molar-refractivity contribution in [2.24, 2.45) is 0 Å². The molecule has 0 bridgehead atoms. The van der Waals surface area contributed by atoms with Crippen molar-refractivity contribution in [3.8, 4) is 17.2 Å². The lowest BCUT2D eigenvalue weighted by atomic mass is 10.2. The van der Waals surface area contributed by atoms with Crippen molar-refractivity contribution in [1.82, 2.24) is 10.2 Å². The SMILES string of the molecule is CCOc1ccc(NC(=O)c2nnc(-c3ccccc3F)o2)cc1. The molecule has 0 saturated heterocycles. The minimum absolute atomic E-state index is 0.0510. The van der Waals surface area contributed by atoms with Crippen LogP contribution in [-0.2, 0) is 0 Å². The molecule has 3 aromatic rings. The van der Waals surface area contributed by atoms with Crippen LogP contribution in [0.5, 0.6) is 5.75 Å². The van der Waals surface area contributed by atoms with Crippen LogP contribution in [0.15, 0.2) is 52.9 Å². The lowest BCUT2D eigenvalue weighted by molar-refractivity contribution is 0.0990. The second kappa shape index (κ2) is 6.91. The number of carbonyl (C=O) groups is 1. The first-order valence-corrected chi connectivity index (χ1v) is 7.30. The third kappa shape index (κ3) is 3.40. The number of aromatic nitrogens is 2. The summed E-state index contributed by atoms with van der Waals surface area (Å²) < 4.78 is 24.3. The Morgan fingerprint density at radius 1 is 1.17 bits per heavy atom. The molecule has 0 aliphatic rings. The van der Waals surface area contributed by atoms with Gasteiger partial charge in [-0.1, -0.05) is 12.1 Å². The Kier molecular flexibility index (Phi) is 4.51. The van der Waals surface area contributed by atoms with Crippen LogP contribution in [0.4, 0.5) is 10.1 Å². The van der Waals surface area contributed by atoms with E-state index in [9.17, 15) is 9.18 Å². The molecule has 0 aliphatic carbocycles. The van der Waals surface area contributed by atoms with Gasteiger partial charge in [0.1, 0.15) is 11.6 Å². The minimum atomic E-state index is -0.575. The zero-order valence-electron chi connectivity index (χ0n) is 12.8. The molecule has 1 N–H and O–H groups in total. The van der Waals surface area contributed by atoms with Crippen molar-refractivity contribution in [2.75, 3.05) is 11.9 Å². The van der Waals surface area contributed by atoms with E-state index in [1.807, 2.05) is 6.92 Å². The largest absolute Gasteiger partial charge is 0.494 e. The number of nitrogens with zero attached hydrogens (tertiary/aromatic N) is 2. The van der Waals surface area contributed by atoms with E-state index in [-0.39, 0.29) is 17.3 Å². The zero-order chi connectivity index (χ0) is 16.9. The number of anilines is 1. The van der Waals surface area contributed by atoms with Gasteiger partial charge < -0.3 is 14.5 Å². The van der Waals surface area contributed by atoms with Crippen LogP contribution in [0.2, 0.25) is 0 Å². The molecule has 6 nitrogen and oxygen atoms in total. The average molecular weight is 327 g/mol. The number of carbonyl (C=O) groups excluding carboxylic acids is 1. The predicted molar refractivity (Wildman–Crippen MR) is 85.3 cm³/mol. The third-order valence-corrected chi connectivity index (χ3v) is 3.15. The molecular formula is C17H14FN3O3. The molecule has 1 amide bonds. The maximum atomic E-state index is 13.7. The molecule has 3 rings (SSSR count). The van der Waals surface area contributed by atoms with Crippen LogP contribution in [-0.4, -0.2) is 22.7 Å². The maximum absolute atomic E-state index is 13.7. The van der Waals surface area contributed by atoms with E-state index in [0.717, 1.165) is 0 Å². The Balaban J connectivity index is 1.73. The van der Waals surface area contributed by atoms with Crippen LogP contribution in [0.1, 0.15) is 17.6 Å². The Bertz CT molecular complexity index is 846. The van der Waals surface area contributed by atoms with Crippen molar-refractivity contribution >= 4 is 11.6 Å². The number of hydrogen-bond acceptors (Lipinski definition) is 5. The van der Waals surface area contributed by atoms with Gasteiger partial charge in [-0.05, 0) is 43.3 Å². The molecule has 0 atom stereocenters. The van der Waals surface area contributed by atoms with E-state index in [0.29, 0.717) is 18.0 Å². The monoisotopic (exact) mass is 327 g/mol. The highest BCUT2D eigenvalue weighted by Crippen LogP contribution is 2.21. The summed E-state index contributed by atoms with van der Waals surface area (Å²) in [6.45, 7) is 2.45. The van der Waals surface area contributed by atoms with Gasteiger partial charge in [-0.2, -0.15) is 0 Å². The first-order valence-electron chi connectivity index (χ1n) is 7.30. The summed E-state index contributed by atoms with van der Waals surface area (Å²) in [5, 5.41) is 9.99. The van der Waals surface area contributed by atoms with Crippen molar-refractivity contribution < 1.29 is 18.3 Å². The summed E-state index contributed by atoms with van der Waals surface area (Å²) in [6, 6.07) is 12.8. The van der Waals surface area contributed by atoms with E-state index in [1.165, 1.54) is 12.1 Å². The fourth-order valence-electron chi connectivity index (χ4n) is 2.04.